The quantitative estimate of drug-likeness (QED) is 0.923. The molecule has 0 aromatic carbocycles. The van der Waals surface area contributed by atoms with Crippen molar-refractivity contribution in [1.29, 1.82) is 0 Å². The van der Waals surface area contributed by atoms with Gasteiger partial charge in [-0.3, -0.25) is 0 Å². The van der Waals surface area contributed by atoms with E-state index in [1.165, 1.54) is 51.4 Å². The lowest BCUT2D eigenvalue weighted by atomic mass is 9.80. The largest absolute Gasteiger partial charge is 0.339 e. The van der Waals surface area contributed by atoms with Crippen molar-refractivity contribution in [2.45, 2.75) is 76.2 Å². The Bertz CT molecular complexity index is 498. The van der Waals surface area contributed by atoms with Crippen molar-refractivity contribution in [3.05, 3.63) is 11.7 Å². The van der Waals surface area contributed by atoms with Crippen LogP contribution < -0.4 is 5.73 Å². The highest BCUT2D eigenvalue weighted by molar-refractivity contribution is 5.12. The molecule has 2 N–H and O–H groups in total. The lowest BCUT2D eigenvalue weighted by Gasteiger charge is -2.26. The minimum Gasteiger partial charge on any atom is -0.339 e. The monoisotopic (exact) mass is 289 g/mol. The van der Waals surface area contributed by atoms with Crippen LogP contribution in [0.25, 0.3) is 0 Å². The summed E-state index contributed by atoms with van der Waals surface area (Å²) in [6.45, 7) is 2.29. The number of aromatic nitrogens is 2. The molecule has 2 bridgehead atoms. The number of fused-ring (bicyclic) bond motifs is 2. The van der Waals surface area contributed by atoms with Crippen LogP contribution in [0.1, 0.15) is 81.8 Å². The predicted octanol–water partition coefficient (Wildman–Crippen LogP) is 3.59. The van der Waals surface area contributed by atoms with E-state index in [1.807, 2.05) is 0 Å². The molecule has 4 heteroatoms. The summed E-state index contributed by atoms with van der Waals surface area (Å²) in [4.78, 5) is 4.80. The molecule has 3 fully saturated rings. The van der Waals surface area contributed by atoms with Crippen molar-refractivity contribution in [3.63, 3.8) is 0 Å². The van der Waals surface area contributed by atoms with Crippen molar-refractivity contribution in [2.75, 3.05) is 0 Å². The summed E-state index contributed by atoms with van der Waals surface area (Å²) in [5.74, 6) is 4.85. The number of nitrogens with two attached hydrogens (primary N) is 1. The van der Waals surface area contributed by atoms with E-state index >= 15 is 0 Å². The second-order valence-electron chi connectivity index (χ2n) is 7.56. The van der Waals surface area contributed by atoms with Gasteiger partial charge in [-0.05, 0) is 49.9 Å². The minimum atomic E-state index is 0.242. The first-order valence-corrected chi connectivity index (χ1v) is 8.85. The number of hydrogen-bond donors (Lipinski definition) is 1. The third-order valence-corrected chi connectivity index (χ3v) is 6.45. The Morgan fingerprint density at radius 3 is 2.76 bits per heavy atom. The van der Waals surface area contributed by atoms with Gasteiger partial charge in [0.25, 0.3) is 0 Å². The molecule has 6 unspecified atom stereocenters. The highest BCUT2D eigenvalue weighted by Crippen LogP contribution is 2.52. The third-order valence-electron chi connectivity index (χ3n) is 6.45. The first-order valence-electron chi connectivity index (χ1n) is 8.85. The van der Waals surface area contributed by atoms with E-state index in [0.717, 1.165) is 17.6 Å². The molecule has 6 atom stereocenters. The van der Waals surface area contributed by atoms with Gasteiger partial charge in [-0.2, -0.15) is 4.98 Å². The summed E-state index contributed by atoms with van der Waals surface area (Å²) in [6.07, 6.45) is 10.3. The van der Waals surface area contributed by atoms with Crippen molar-refractivity contribution in [3.8, 4) is 0 Å². The normalized spacial score (nSPS) is 42.6. The molecular weight excluding hydrogens is 262 g/mol. The van der Waals surface area contributed by atoms with Crippen molar-refractivity contribution in [2.24, 2.45) is 23.5 Å². The molecule has 116 valence electrons. The Hall–Kier alpha value is -0.900. The Labute approximate surface area is 126 Å². The van der Waals surface area contributed by atoms with Crippen LogP contribution in [-0.2, 0) is 0 Å². The first kappa shape index (κ1) is 13.7. The maximum absolute atomic E-state index is 6.40. The van der Waals surface area contributed by atoms with Crippen molar-refractivity contribution in [1.82, 2.24) is 10.1 Å². The summed E-state index contributed by atoms with van der Waals surface area (Å²) in [5, 5.41) is 4.33. The zero-order chi connectivity index (χ0) is 14.4. The fourth-order valence-corrected chi connectivity index (χ4v) is 5.15. The molecule has 1 aromatic heterocycles. The summed E-state index contributed by atoms with van der Waals surface area (Å²) in [6, 6.07) is 0.242. The number of hydrogen-bond acceptors (Lipinski definition) is 4. The molecule has 0 amide bonds. The van der Waals surface area contributed by atoms with Gasteiger partial charge >= 0.3 is 0 Å². The molecule has 1 heterocycles. The van der Waals surface area contributed by atoms with Crippen LogP contribution >= 0.6 is 0 Å². The predicted molar refractivity (Wildman–Crippen MR) is 80.8 cm³/mol. The molecule has 3 aliphatic carbocycles. The first-order chi connectivity index (χ1) is 10.3. The average Bonchev–Trinajstić information content (AvgIpc) is 3.22. The molecule has 21 heavy (non-hydrogen) atoms. The minimum absolute atomic E-state index is 0.242. The Morgan fingerprint density at radius 2 is 2.00 bits per heavy atom. The van der Waals surface area contributed by atoms with Crippen LogP contribution in [0.5, 0.6) is 0 Å². The molecule has 1 aromatic rings. The summed E-state index contributed by atoms with van der Waals surface area (Å²) in [5.41, 5.74) is 6.40. The molecule has 3 saturated carbocycles. The molecule has 0 aliphatic heterocycles. The molecule has 0 spiro atoms. The standard InChI is InChI=1S/C17H27N3O/c1-2-10-4-3-5-13(8-10)16-19-17(21-20-16)14-11-6-7-12(9-11)15(14)18/h10-15H,2-9,18H2,1H3. The van der Waals surface area contributed by atoms with Gasteiger partial charge < -0.3 is 10.3 Å². The van der Waals surface area contributed by atoms with Gasteiger partial charge in [0.05, 0.1) is 5.92 Å². The molecular formula is C17H27N3O. The van der Waals surface area contributed by atoms with Gasteiger partial charge in [0, 0.05) is 12.0 Å². The van der Waals surface area contributed by atoms with Crippen LogP contribution in [0, 0.1) is 17.8 Å². The van der Waals surface area contributed by atoms with E-state index in [4.69, 9.17) is 15.2 Å². The number of rotatable bonds is 3. The second kappa shape index (κ2) is 5.38. The van der Waals surface area contributed by atoms with Crippen LogP contribution in [0.2, 0.25) is 0 Å². The van der Waals surface area contributed by atoms with Crippen LogP contribution in [-0.4, -0.2) is 16.2 Å². The summed E-state index contributed by atoms with van der Waals surface area (Å²) >= 11 is 0. The van der Waals surface area contributed by atoms with Gasteiger partial charge in [0.15, 0.2) is 5.82 Å². The van der Waals surface area contributed by atoms with Gasteiger partial charge in [0.2, 0.25) is 5.89 Å². The average molecular weight is 289 g/mol. The van der Waals surface area contributed by atoms with Gasteiger partial charge in [0.1, 0.15) is 0 Å². The maximum Gasteiger partial charge on any atom is 0.231 e. The van der Waals surface area contributed by atoms with Gasteiger partial charge in [-0.25, -0.2) is 0 Å². The van der Waals surface area contributed by atoms with E-state index < -0.39 is 0 Å². The Balaban J connectivity index is 1.51. The highest BCUT2D eigenvalue weighted by atomic mass is 16.5. The fourth-order valence-electron chi connectivity index (χ4n) is 5.15. The maximum atomic E-state index is 6.40. The Kier molecular flexibility index (Phi) is 3.52. The fraction of sp³-hybridized carbons (Fsp3) is 0.882. The van der Waals surface area contributed by atoms with Crippen molar-refractivity contribution < 1.29 is 4.52 Å². The number of nitrogens with zero attached hydrogens (tertiary/aromatic N) is 2. The summed E-state index contributed by atoms with van der Waals surface area (Å²) < 4.78 is 5.65. The molecule has 0 saturated heterocycles. The SMILES string of the molecule is CCC1CCCC(c2noc(C3C4CCC(C4)C3N)n2)C1. The molecule has 3 aliphatic rings. The zero-order valence-corrected chi connectivity index (χ0v) is 13.0. The van der Waals surface area contributed by atoms with E-state index in [9.17, 15) is 0 Å². The smallest absolute Gasteiger partial charge is 0.231 e. The molecule has 4 nitrogen and oxygen atoms in total. The third kappa shape index (κ3) is 2.32. The summed E-state index contributed by atoms with van der Waals surface area (Å²) in [7, 11) is 0. The Morgan fingerprint density at radius 1 is 1.14 bits per heavy atom. The van der Waals surface area contributed by atoms with E-state index in [2.05, 4.69) is 12.1 Å². The molecule has 0 radical (unpaired) electrons. The van der Waals surface area contributed by atoms with E-state index in [0.29, 0.717) is 23.7 Å². The lowest BCUT2D eigenvalue weighted by Crippen LogP contribution is -2.34. The zero-order valence-electron chi connectivity index (χ0n) is 13.0. The van der Waals surface area contributed by atoms with Gasteiger partial charge in [-0.1, -0.05) is 31.3 Å². The molecule has 4 rings (SSSR count). The van der Waals surface area contributed by atoms with Crippen molar-refractivity contribution >= 4 is 0 Å². The van der Waals surface area contributed by atoms with Crippen LogP contribution in [0.15, 0.2) is 4.52 Å². The van der Waals surface area contributed by atoms with Crippen LogP contribution in [0.3, 0.4) is 0 Å². The lowest BCUT2D eigenvalue weighted by molar-refractivity contribution is 0.273. The second-order valence-corrected chi connectivity index (χ2v) is 7.56. The highest BCUT2D eigenvalue weighted by Gasteiger charge is 2.49. The van der Waals surface area contributed by atoms with Crippen LogP contribution in [0.4, 0.5) is 0 Å². The van der Waals surface area contributed by atoms with E-state index in [1.54, 1.807) is 0 Å². The van der Waals surface area contributed by atoms with E-state index in [-0.39, 0.29) is 6.04 Å². The van der Waals surface area contributed by atoms with Gasteiger partial charge in [-0.15, -0.1) is 0 Å². The topological polar surface area (TPSA) is 64.9 Å².